The molecule has 0 aliphatic heterocycles. The second kappa shape index (κ2) is 7.39. The minimum Gasteiger partial charge on any atom is -0.479 e. The molecule has 4 heteroatoms. The van der Waals surface area contributed by atoms with Gasteiger partial charge in [-0.05, 0) is 36.5 Å². The fourth-order valence-corrected chi connectivity index (χ4v) is 1.98. The third kappa shape index (κ3) is 4.75. The topological polar surface area (TPSA) is 46.5 Å². The van der Waals surface area contributed by atoms with E-state index in [-0.39, 0.29) is 0 Å². The molecule has 0 heterocycles. The lowest BCUT2D eigenvalue weighted by molar-refractivity contribution is -0.145. The predicted molar refractivity (Wildman–Crippen MR) is 77.1 cm³/mol. The molecule has 0 aliphatic carbocycles. The average molecular weight is 285 g/mol. The predicted octanol–water partition coefficient (Wildman–Crippen LogP) is 4.49. The Kier molecular flexibility index (Phi) is 6.16. The molecule has 0 spiro atoms. The number of ether oxygens (including phenoxy) is 1. The van der Waals surface area contributed by atoms with Gasteiger partial charge < -0.3 is 9.84 Å². The smallest absolute Gasteiger partial charge is 0.344 e. The molecule has 1 N–H and O–H groups in total. The van der Waals surface area contributed by atoms with Crippen molar-refractivity contribution in [3.63, 3.8) is 0 Å². The Hall–Kier alpha value is -1.22. The first-order valence-corrected chi connectivity index (χ1v) is 7.02. The Balaban J connectivity index is 2.82. The second-order valence-corrected chi connectivity index (χ2v) is 5.34. The second-order valence-electron chi connectivity index (χ2n) is 4.93. The van der Waals surface area contributed by atoms with Crippen LogP contribution in [0.1, 0.15) is 51.5 Å². The summed E-state index contributed by atoms with van der Waals surface area (Å²) in [5.41, 5.74) is 1.11. The normalized spacial score (nSPS) is 12.5. The molecule has 0 fully saturated rings. The van der Waals surface area contributed by atoms with Crippen molar-refractivity contribution in [3.8, 4) is 5.75 Å². The molecule has 0 aliphatic rings. The zero-order valence-corrected chi connectivity index (χ0v) is 12.4. The van der Waals surface area contributed by atoms with Crippen LogP contribution in [-0.4, -0.2) is 17.2 Å². The summed E-state index contributed by atoms with van der Waals surface area (Å²) in [6.07, 6.45) is 1.42. The van der Waals surface area contributed by atoms with Crippen molar-refractivity contribution in [2.45, 2.75) is 52.1 Å². The first kappa shape index (κ1) is 15.8. The first-order chi connectivity index (χ1) is 8.95. The summed E-state index contributed by atoms with van der Waals surface area (Å²) in [4.78, 5) is 11.1. The van der Waals surface area contributed by atoms with Crippen molar-refractivity contribution in [3.05, 3.63) is 28.8 Å². The van der Waals surface area contributed by atoms with Gasteiger partial charge in [-0.1, -0.05) is 44.9 Å². The van der Waals surface area contributed by atoms with Crippen molar-refractivity contribution in [2.75, 3.05) is 0 Å². The molecular weight excluding hydrogens is 264 g/mol. The summed E-state index contributed by atoms with van der Waals surface area (Å²) in [5, 5.41) is 9.59. The van der Waals surface area contributed by atoms with Crippen LogP contribution in [0, 0.1) is 0 Å². The maximum Gasteiger partial charge on any atom is 0.344 e. The molecule has 0 saturated heterocycles. The van der Waals surface area contributed by atoms with Crippen LogP contribution < -0.4 is 4.74 Å². The highest BCUT2D eigenvalue weighted by molar-refractivity contribution is 6.32. The molecule has 1 aromatic carbocycles. The molecular formula is C15H21ClO3. The fraction of sp³-hybridized carbons (Fsp3) is 0.533. The third-order valence-corrected chi connectivity index (χ3v) is 3.28. The lowest BCUT2D eigenvalue weighted by Crippen LogP contribution is -2.27. The van der Waals surface area contributed by atoms with Crippen LogP contribution in [-0.2, 0) is 4.79 Å². The summed E-state index contributed by atoms with van der Waals surface area (Å²) in [7, 11) is 0. The van der Waals surface area contributed by atoms with E-state index < -0.39 is 12.1 Å². The summed E-state index contributed by atoms with van der Waals surface area (Å²) >= 11 is 6.14. The van der Waals surface area contributed by atoms with Gasteiger partial charge in [-0.2, -0.15) is 0 Å². The number of halogens is 1. The Morgan fingerprint density at radius 2 is 2.11 bits per heavy atom. The Morgan fingerprint density at radius 3 is 2.58 bits per heavy atom. The van der Waals surface area contributed by atoms with Crippen LogP contribution in [0.15, 0.2) is 18.2 Å². The van der Waals surface area contributed by atoms with E-state index in [1.54, 1.807) is 6.07 Å². The highest BCUT2D eigenvalue weighted by atomic mass is 35.5. The van der Waals surface area contributed by atoms with E-state index in [4.69, 9.17) is 21.4 Å². The zero-order chi connectivity index (χ0) is 14.4. The number of unbranched alkanes of at least 4 members (excludes halogenated alkanes) is 1. The van der Waals surface area contributed by atoms with Gasteiger partial charge in [0, 0.05) is 0 Å². The monoisotopic (exact) mass is 284 g/mol. The number of hydrogen-bond acceptors (Lipinski definition) is 2. The average Bonchev–Trinajstić information content (AvgIpc) is 2.35. The Labute approximate surface area is 119 Å². The molecule has 0 amide bonds. The molecule has 3 nitrogen and oxygen atoms in total. The van der Waals surface area contributed by atoms with Gasteiger partial charge in [0.05, 0.1) is 5.02 Å². The quantitative estimate of drug-likeness (QED) is 0.803. The maximum absolute atomic E-state index is 11.1. The zero-order valence-electron chi connectivity index (χ0n) is 11.6. The highest BCUT2D eigenvalue weighted by Crippen LogP contribution is 2.29. The third-order valence-electron chi connectivity index (χ3n) is 2.99. The van der Waals surface area contributed by atoms with Crippen molar-refractivity contribution in [2.24, 2.45) is 0 Å². The maximum atomic E-state index is 11.1. The van der Waals surface area contributed by atoms with E-state index >= 15 is 0 Å². The molecule has 0 saturated carbocycles. The fourth-order valence-electron chi connectivity index (χ4n) is 1.75. The van der Waals surface area contributed by atoms with E-state index in [9.17, 15) is 4.79 Å². The van der Waals surface area contributed by atoms with Crippen LogP contribution in [0.25, 0.3) is 0 Å². The van der Waals surface area contributed by atoms with E-state index in [2.05, 4.69) is 13.8 Å². The highest BCUT2D eigenvalue weighted by Gasteiger charge is 2.20. The number of carbonyl (C=O) groups is 1. The Morgan fingerprint density at radius 1 is 1.42 bits per heavy atom. The standard InChI is InChI=1S/C15H21ClO3/c1-4-5-6-14(15(17)18)19-13-8-7-11(10(2)3)9-12(13)16/h7-10,14H,4-6H2,1-3H3,(H,17,18). The number of benzene rings is 1. The number of rotatable bonds is 7. The number of hydrogen-bond donors (Lipinski definition) is 1. The minimum atomic E-state index is -0.947. The largest absolute Gasteiger partial charge is 0.479 e. The van der Waals surface area contributed by atoms with Gasteiger partial charge in [-0.15, -0.1) is 0 Å². The summed E-state index contributed by atoms with van der Waals surface area (Å²) in [6.45, 7) is 6.17. The summed E-state index contributed by atoms with van der Waals surface area (Å²) in [6, 6.07) is 5.50. The minimum absolute atomic E-state index is 0.377. The van der Waals surface area contributed by atoms with Crippen molar-refractivity contribution < 1.29 is 14.6 Å². The van der Waals surface area contributed by atoms with Crippen LogP contribution in [0.4, 0.5) is 0 Å². The van der Waals surface area contributed by atoms with E-state index in [1.165, 1.54) is 0 Å². The summed E-state index contributed by atoms with van der Waals surface area (Å²) < 4.78 is 5.51. The molecule has 1 rings (SSSR count). The van der Waals surface area contributed by atoms with Gasteiger partial charge in [0.15, 0.2) is 6.10 Å². The van der Waals surface area contributed by atoms with Crippen molar-refractivity contribution in [1.29, 1.82) is 0 Å². The van der Waals surface area contributed by atoms with Gasteiger partial charge in [0.2, 0.25) is 0 Å². The van der Waals surface area contributed by atoms with Crippen LogP contribution >= 0.6 is 11.6 Å². The molecule has 0 radical (unpaired) electrons. The number of aliphatic carboxylic acids is 1. The molecule has 106 valence electrons. The molecule has 0 bridgehead atoms. The van der Waals surface area contributed by atoms with Crippen LogP contribution in [0.3, 0.4) is 0 Å². The SMILES string of the molecule is CCCCC(Oc1ccc(C(C)C)cc1Cl)C(=O)O. The van der Waals surface area contributed by atoms with E-state index in [0.717, 1.165) is 18.4 Å². The molecule has 1 unspecified atom stereocenters. The molecule has 0 aromatic heterocycles. The Bertz CT molecular complexity index is 429. The molecule has 19 heavy (non-hydrogen) atoms. The van der Waals surface area contributed by atoms with Crippen LogP contribution in [0.2, 0.25) is 5.02 Å². The van der Waals surface area contributed by atoms with Gasteiger partial charge in [0.1, 0.15) is 5.75 Å². The lowest BCUT2D eigenvalue weighted by Gasteiger charge is -2.16. The van der Waals surface area contributed by atoms with E-state index in [1.807, 2.05) is 19.1 Å². The van der Waals surface area contributed by atoms with Crippen molar-refractivity contribution in [1.82, 2.24) is 0 Å². The van der Waals surface area contributed by atoms with Gasteiger partial charge in [0.25, 0.3) is 0 Å². The van der Waals surface area contributed by atoms with Gasteiger partial charge >= 0.3 is 5.97 Å². The lowest BCUT2D eigenvalue weighted by atomic mass is 10.0. The van der Waals surface area contributed by atoms with Gasteiger partial charge in [-0.3, -0.25) is 0 Å². The first-order valence-electron chi connectivity index (χ1n) is 6.64. The number of carboxylic acid groups (broad SMARTS) is 1. The molecule has 1 atom stereocenters. The summed E-state index contributed by atoms with van der Waals surface area (Å²) in [5.74, 6) is -0.131. The van der Waals surface area contributed by atoms with Gasteiger partial charge in [-0.25, -0.2) is 4.79 Å². The van der Waals surface area contributed by atoms with Crippen molar-refractivity contribution >= 4 is 17.6 Å². The van der Waals surface area contributed by atoms with E-state index in [0.29, 0.717) is 23.1 Å². The number of carboxylic acids is 1. The van der Waals surface area contributed by atoms with Crippen LogP contribution in [0.5, 0.6) is 5.75 Å². The molecule has 1 aromatic rings.